The average Bonchev–Trinajstić information content (AvgIpc) is 3.19. The van der Waals surface area contributed by atoms with Gasteiger partial charge in [0.15, 0.2) is 23.3 Å². The van der Waals surface area contributed by atoms with Gasteiger partial charge in [-0.3, -0.25) is 14.5 Å². The van der Waals surface area contributed by atoms with E-state index in [2.05, 4.69) is 10.3 Å². The van der Waals surface area contributed by atoms with Crippen molar-refractivity contribution in [3.63, 3.8) is 0 Å². The fourth-order valence-corrected chi connectivity index (χ4v) is 4.58. The van der Waals surface area contributed by atoms with E-state index < -0.39 is 0 Å². The van der Waals surface area contributed by atoms with Gasteiger partial charge < -0.3 is 14.8 Å². The van der Waals surface area contributed by atoms with Crippen LogP contribution >= 0.6 is 11.8 Å². The molecule has 0 unspecified atom stereocenters. The fourth-order valence-electron chi connectivity index (χ4n) is 3.52. The van der Waals surface area contributed by atoms with E-state index in [1.807, 2.05) is 38.1 Å². The highest BCUT2D eigenvalue weighted by Crippen LogP contribution is 2.35. The molecule has 1 N–H and O–H groups in total. The van der Waals surface area contributed by atoms with Gasteiger partial charge >= 0.3 is 0 Å². The van der Waals surface area contributed by atoms with Gasteiger partial charge in [-0.05, 0) is 85.8 Å². The Morgan fingerprint density at radius 3 is 2.49 bits per heavy atom. The molecule has 1 heterocycles. The number of nitrogens with zero attached hydrogens (tertiary/aromatic N) is 2. The van der Waals surface area contributed by atoms with Crippen LogP contribution in [0.4, 0.5) is 15.8 Å². The lowest BCUT2D eigenvalue weighted by atomic mass is 10.2. The third kappa shape index (κ3) is 6.56. The van der Waals surface area contributed by atoms with Crippen LogP contribution in [0.3, 0.4) is 0 Å². The minimum Gasteiger partial charge on any atom is -0.493 e. The number of anilines is 1. The van der Waals surface area contributed by atoms with Gasteiger partial charge in [-0.25, -0.2) is 9.38 Å². The first-order valence-electron chi connectivity index (χ1n) is 11.6. The van der Waals surface area contributed by atoms with Gasteiger partial charge in [-0.2, -0.15) is 0 Å². The highest BCUT2D eigenvalue weighted by Gasteiger charge is 2.32. The zero-order valence-electron chi connectivity index (χ0n) is 20.7. The largest absolute Gasteiger partial charge is 0.493 e. The number of aryl methyl sites for hydroxylation is 1. The summed E-state index contributed by atoms with van der Waals surface area (Å²) in [6, 6.07) is 18.5. The van der Waals surface area contributed by atoms with Gasteiger partial charge in [0.1, 0.15) is 5.82 Å². The van der Waals surface area contributed by atoms with Crippen molar-refractivity contribution >= 4 is 46.2 Å². The first kappa shape index (κ1) is 26.0. The molecule has 3 aromatic carbocycles. The number of methoxy groups -OCH3 is 1. The molecule has 7 nitrogen and oxygen atoms in total. The van der Waals surface area contributed by atoms with Crippen molar-refractivity contribution in [3.8, 4) is 11.5 Å². The normalized spacial score (nSPS) is 15.4. The zero-order valence-corrected chi connectivity index (χ0v) is 21.5. The van der Waals surface area contributed by atoms with Crippen molar-refractivity contribution in [1.29, 1.82) is 0 Å². The van der Waals surface area contributed by atoms with E-state index in [1.54, 1.807) is 41.3 Å². The molecule has 0 aromatic heterocycles. The number of carbonyl (C=O) groups is 2. The summed E-state index contributed by atoms with van der Waals surface area (Å²) >= 11 is 1.25. The van der Waals surface area contributed by atoms with E-state index in [1.165, 1.54) is 31.0 Å². The van der Waals surface area contributed by atoms with Gasteiger partial charge in [0.05, 0.1) is 17.7 Å². The highest BCUT2D eigenvalue weighted by atomic mass is 32.2. The molecule has 4 rings (SSSR count). The van der Waals surface area contributed by atoms with Gasteiger partial charge in [0.2, 0.25) is 0 Å². The molecule has 1 saturated heterocycles. The van der Waals surface area contributed by atoms with Crippen LogP contribution in [0.2, 0.25) is 0 Å². The molecule has 1 aliphatic rings. The number of likely N-dealkylation sites (N-methyl/N-ethyl adjacent to an activating group) is 1. The molecule has 3 aromatic rings. The van der Waals surface area contributed by atoms with E-state index in [-0.39, 0.29) is 24.2 Å². The van der Waals surface area contributed by atoms with Crippen molar-refractivity contribution in [3.05, 3.63) is 88.6 Å². The molecule has 9 heteroatoms. The number of thioether (sulfide) groups is 1. The quantitative estimate of drug-likeness (QED) is 0.382. The van der Waals surface area contributed by atoms with E-state index in [0.29, 0.717) is 39.5 Å². The molecule has 190 valence electrons. The number of ether oxygens (including phenoxy) is 2. The van der Waals surface area contributed by atoms with Crippen molar-refractivity contribution < 1.29 is 23.5 Å². The number of amides is 2. The molecular formula is C28H26FN3O4S. The van der Waals surface area contributed by atoms with Crippen LogP contribution in [0, 0.1) is 12.7 Å². The Labute approximate surface area is 219 Å². The first-order chi connectivity index (χ1) is 17.9. The summed E-state index contributed by atoms with van der Waals surface area (Å²) < 4.78 is 24.3. The third-order valence-electron chi connectivity index (χ3n) is 5.44. The third-order valence-corrected chi connectivity index (χ3v) is 6.44. The fraction of sp³-hybridized carbons (Fsp3) is 0.179. The molecule has 2 amide bonds. The first-order valence-corrected chi connectivity index (χ1v) is 12.4. The number of hydrogen-bond donors (Lipinski definition) is 1. The van der Waals surface area contributed by atoms with Crippen molar-refractivity contribution in [2.45, 2.75) is 13.8 Å². The van der Waals surface area contributed by atoms with Gasteiger partial charge in [-0.15, -0.1) is 0 Å². The Kier molecular flexibility index (Phi) is 8.25. The number of carbonyl (C=O) groups excluding carboxylic acids is 2. The Hall–Kier alpha value is -4.11. The predicted octanol–water partition coefficient (Wildman–Crippen LogP) is 5.78. The van der Waals surface area contributed by atoms with Gasteiger partial charge in [0, 0.05) is 12.2 Å². The molecule has 0 radical (unpaired) electrons. The molecule has 0 saturated carbocycles. The Bertz CT molecular complexity index is 1350. The molecule has 0 atom stereocenters. The van der Waals surface area contributed by atoms with E-state index in [4.69, 9.17) is 9.47 Å². The van der Waals surface area contributed by atoms with E-state index >= 15 is 0 Å². The van der Waals surface area contributed by atoms with Crippen LogP contribution in [0.5, 0.6) is 11.5 Å². The maximum Gasteiger partial charge on any atom is 0.266 e. The van der Waals surface area contributed by atoms with Crippen molar-refractivity contribution in [2.75, 3.05) is 25.6 Å². The minimum absolute atomic E-state index is 0.166. The summed E-state index contributed by atoms with van der Waals surface area (Å²) in [4.78, 5) is 31.8. The summed E-state index contributed by atoms with van der Waals surface area (Å²) in [6.07, 6.45) is 1.75. The van der Waals surface area contributed by atoms with E-state index in [0.717, 1.165) is 11.1 Å². The maximum absolute atomic E-state index is 13.2. The maximum atomic E-state index is 13.2. The van der Waals surface area contributed by atoms with Crippen LogP contribution in [-0.4, -0.2) is 42.1 Å². The SMILES string of the molecule is CCN1C(=O)/C(=C\c2ccc(OCC(=O)Nc3ccc(C)cc3)c(OC)c2)SC1=Nc1ccc(F)cc1. The number of rotatable bonds is 8. The molecule has 0 aliphatic carbocycles. The average molecular weight is 520 g/mol. The second-order valence-electron chi connectivity index (χ2n) is 8.14. The number of hydrogen-bond acceptors (Lipinski definition) is 6. The predicted molar refractivity (Wildman–Crippen MR) is 145 cm³/mol. The number of amidine groups is 1. The van der Waals surface area contributed by atoms with Crippen molar-refractivity contribution in [1.82, 2.24) is 4.90 Å². The van der Waals surface area contributed by atoms with Crippen molar-refractivity contribution in [2.24, 2.45) is 4.99 Å². The number of benzene rings is 3. The highest BCUT2D eigenvalue weighted by molar-refractivity contribution is 8.18. The van der Waals surface area contributed by atoms with Gasteiger partial charge in [-0.1, -0.05) is 23.8 Å². The lowest BCUT2D eigenvalue weighted by molar-refractivity contribution is -0.122. The lowest BCUT2D eigenvalue weighted by Crippen LogP contribution is -2.28. The van der Waals surface area contributed by atoms with Crippen LogP contribution in [0.1, 0.15) is 18.1 Å². The van der Waals surface area contributed by atoms with Crippen LogP contribution < -0.4 is 14.8 Å². The number of aliphatic imine (C=N–C) groups is 1. The molecule has 0 spiro atoms. The molecular weight excluding hydrogens is 493 g/mol. The summed E-state index contributed by atoms with van der Waals surface area (Å²) in [5.74, 6) is 0.0294. The molecule has 1 aliphatic heterocycles. The minimum atomic E-state index is -0.347. The Morgan fingerprint density at radius 1 is 1.08 bits per heavy atom. The van der Waals surface area contributed by atoms with Crippen LogP contribution in [-0.2, 0) is 9.59 Å². The smallest absolute Gasteiger partial charge is 0.266 e. The Morgan fingerprint density at radius 2 is 1.81 bits per heavy atom. The zero-order chi connectivity index (χ0) is 26.4. The summed E-state index contributed by atoms with van der Waals surface area (Å²) in [5, 5.41) is 3.31. The topological polar surface area (TPSA) is 80.2 Å². The van der Waals surface area contributed by atoms with E-state index in [9.17, 15) is 14.0 Å². The standard InChI is InChI=1S/C28H26FN3O4S/c1-4-32-27(34)25(37-28(32)31-22-12-8-20(29)9-13-22)16-19-7-14-23(24(15-19)35-3)36-17-26(33)30-21-10-5-18(2)6-11-21/h5-16H,4,17H2,1-3H3,(H,30,33)/b25-16+,31-28?. The molecule has 1 fully saturated rings. The van der Waals surface area contributed by atoms with Crippen LogP contribution in [0.25, 0.3) is 6.08 Å². The molecule has 37 heavy (non-hydrogen) atoms. The Balaban J connectivity index is 1.46. The summed E-state index contributed by atoms with van der Waals surface area (Å²) in [7, 11) is 1.51. The van der Waals surface area contributed by atoms with Gasteiger partial charge in [0.25, 0.3) is 11.8 Å². The number of halogens is 1. The summed E-state index contributed by atoms with van der Waals surface area (Å²) in [5.41, 5.74) is 3.08. The monoisotopic (exact) mass is 519 g/mol. The lowest BCUT2D eigenvalue weighted by Gasteiger charge is -2.12. The second kappa shape index (κ2) is 11.7. The second-order valence-corrected chi connectivity index (χ2v) is 9.15. The van der Waals surface area contributed by atoms with Crippen LogP contribution in [0.15, 0.2) is 76.6 Å². The summed E-state index contributed by atoms with van der Waals surface area (Å²) in [6.45, 7) is 4.10. The number of nitrogens with one attached hydrogen (secondary N) is 1. The molecule has 0 bridgehead atoms.